The molecular weight excluding hydrogens is 198 g/mol. The fraction of sp³-hybridized carbons (Fsp3) is 0.600. The molecule has 1 unspecified atom stereocenters. The highest BCUT2D eigenvalue weighted by atomic mass is 35.5. The zero-order chi connectivity index (χ0) is 10.6. The van der Waals surface area contributed by atoms with Crippen LogP contribution < -0.4 is 5.32 Å². The summed E-state index contributed by atoms with van der Waals surface area (Å²) in [4.78, 5) is 8.13. The van der Waals surface area contributed by atoms with Gasteiger partial charge >= 0.3 is 0 Å². The van der Waals surface area contributed by atoms with Gasteiger partial charge in [-0.2, -0.15) is 0 Å². The van der Waals surface area contributed by atoms with Gasteiger partial charge < -0.3 is 5.32 Å². The van der Waals surface area contributed by atoms with Crippen molar-refractivity contribution in [2.75, 3.05) is 11.2 Å². The zero-order valence-corrected chi connectivity index (χ0v) is 9.54. The molecule has 1 aromatic rings. The molecule has 0 saturated heterocycles. The molecule has 0 aliphatic carbocycles. The molecule has 1 atom stereocenters. The topological polar surface area (TPSA) is 37.8 Å². The fourth-order valence-electron chi connectivity index (χ4n) is 1.04. The number of hydrogen-bond donors (Lipinski definition) is 1. The molecule has 3 nitrogen and oxygen atoms in total. The van der Waals surface area contributed by atoms with Crippen molar-refractivity contribution >= 4 is 17.4 Å². The Hall–Kier alpha value is -0.830. The molecule has 0 aromatic carbocycles. The normalized spacial score (nSPS) is 13.7. The predicted molar refractivity (Wildman–Crippen MR) is 59.6 cm³/mol. The number of aromatic nitrogens is 2. The van der Waals surface area contributed by atoms with E-state index in [4.69, 9.17) is 11.6 Å². The van der Waals surface area contributed by atoms with Crippen molar-refractivity contribution in [1.82, 2.24) is 9.97 Å². The molecule has 0 amide bonds. The van der Waals surface area contributed by atoms with Crippen molar-refractivity contribution in [3.05, 3.63) is 18.6 Å². The van der Waals surface area contributed by atoms with E-state index in [9.17, 15) is 0 Å². The van der Waals surface area contributed by atoms with Gasteiger partial charge in [0, 0.05) is 24.3 Å². The van der Waals surface area contributed by atoms with Gasteiger partial charge in [-0.15, -0.1) is 11.6 Å². The minimum Gasteiger partial charge on any atom is -0.364 e. The van der Waals surface area contributed by atoms with Crippen LogP contribution in [0.3, 0.4) is 0 Å². The molecule has 0 aliphatic heterocycles. The molecule has 1 aromatic heterocycles. The van der Waals surface area contributed by atoms with E-state index < -0.39 is 0 Å². The molecule has 78 valence electrons. The quantitative estimate of drug-likeness (QED) is 0.785. The van der Waals surface area contributed by atoms with Gasteiger partial charge in [0.05, 0.1) is 6.20 Å². The first-order valence-corrected chi connectivity index (χ1v) is 5.16. The molecule has 0 aliphatic rings. The van der Waals surface area contributed by atoms with E-state index in [2.05, 4.69) is 36.1 Å². The lowest BCUT2D eigenvalue weighted by atomic mass is 9.88. The van der Waals surface area contributed by atoms with Crippen LogP contribution in [-0.4, -0.2) is 21.9 Å². The van der Waals surface area contributed by atoms with Crippen molar-refractivity contribution in [2.45, 2.75) is 26.8 Å². The first-order chi connectivity index (χ1) is 6.54. The number of alkyl halides is 1. The molecule has 14 heavy (non-hydrogen) atoms. The maximum Gasteiger partial charge on any atom is 0.144 e. The van der Waals surface area contributed by atoms with E-state index in [0.717, 1.165) is 5.82 Å². The standard InChI is InChI=1S/C10H16ClN3/c1-10(2,3)8(6-11)14-9-7-12-4-5-13-9/h4-5,7-8H,6H2,1-3H3,(H,13,14). The van der Waals surface area contributed by atoms with Gasteiger partial charge in [-0.05, 0) is 5.41 Å². The van der Waals surface area contributed by atoms with Crippen molar-refractivity contribution in [3.63, 3.8) is 0 Å². The van der Waals surface area contributed by atoms with E-state index >= 15 is 0 Å². The smallest absolute Gasteiger partial charge is 0.144 e. The molecule has 0 bridgehead atoms. The highest BCUT2D eigenvalue weighted by Gasteiger charge is 2.23. The Labute approximate surface area is 89.9 Å². The third-order valence-electron chi connectivity index (χ3n) is 2.08. The average molecular weight is 214 g/mol. The number of rotatable bonds is 3. The van der Waals surface area contributed by atoms with E-state index in [1.165, 1.54) is 0 Å². The first kappa shape index (κ1) is 11.2. The second-order valence-corrected chi connectivity index (χ2v) is 4.62. The summed E-state index contributed by atoms with van der Waals surface area (Å²) in [5, 5.41) is 3.26. The van der Waals surface area contributed by atoms with Crippen LogP contribution in [0.4, 0.5) is 5.82 Å². The van der Waals surface area contributed by atoms with E-state index in [1.54, 1.807) is 18.6 Å². The first-order valence-electron chi connectivity index (χ1n) is 4.62. The minimum atomic E-state index is 0.110. The van der Waals surface area contributed by atoms with Gasteiger partial charge in [0.25, 0.3) is 0 Å². The van der Waals surface area contributed by atoms with Crippen LogP contribution in [0, 0.1) is 5.41 Å². The Bertz CT molecular complexity index is 268. The predicted octanol–water partition coefficient (Wildman–Crippen LogP) is 2.54. The lowest BCUT2D eigenvalue weighted by molar-refractivity contribution is 0.361. The maximum absolute atomic E-state index is 5.89. The molecule has 1 heterocycles. The van der Waals surface area contributed by atoms with Crippen LogP contribution in [-0.2, 0) is 0 Å². The second-order valence-electron chi connectivity index (χ2n) is 4.31. The second kappa shape index (κ2) is 4.60. The highest BCUT2D eigenvalue weighted by Crippen LogP contribution is 2.22. The van der Waals surface area contributed by atoms with Crippen LogP contribution in [0.5, 0.6) is 0 Å². The lowest BCUT2D eigenvalue weighted by Crippen LogP contribution is -2.35. The summed E-state index contributed by atoms with van der Waals surface area (Å²) in [5.74, 6) is 1.33. The SMILES string of the molecule is CC(C)(C)C(CCl)Nc1cnccn1. The summed E-state index contributed by atoms with van der Waals surface area (Å²) in [6.07, 6.45) is 5.01. The third-order valence-corrected chi connectivity index (χ3v) is 2.39. The molecular formula is C10H16ClN3. The summed E-state index contributed by atoms with van der Waals surface area (Å²) >= 11 is 5.89. The number of nitrogens with one attached hydrogen (secondary N) is 1. The third kappa shape index (κ3) is 3.14. The highest BCUT2D eigenvalue weighted by molar-refractivity contribution is 6.18. The molecule has 0 spiro atoms. The molecule has 4 heteroatoms. The van der Waals surface area contributed by atoms with E-state index in [1.807, 2.05) is 0 Å². The Morgan fingerprint density at radius 1 is 1.43 bits per heavy atom. The number of anilines is 1. The summed E-state index contributed by atoms with van der Waals surface area (Å²) in [6, 6.07) is 0.195. The Morgan fingerprint density at radius 2 is 2.14 bits per heavy atom. The van der Waals surface area contributed by atoms with Crippen molar-refractivity contribution < 1.29 is 0 Å². The number of hydrogen-bond acceptors (Lipinski definition) is 3. The zero-order valence-electron chi connectivity index (χ0n) is 8.79. The maximum atomic E-state index is 5.89. The van der Waals surface area contributed by atoms with Crippen molar-refractivity contribution in [1.29, 1.82) is 0 Å². The Balaban J connectivity index is 2.67. The summed E-state index contributed by atoms with van der Waals surface area (Å²) in [6.45, 7) is 6.43. The van der Waals surface area contributed by atoms with Gasteiger partial charge in [-0.3, -0.25) is 4.98 Å². The largest absolute Gasteiger partial charge is 0.364 e. The van der Waals surface area contributed by atoms with E-state index in [0.29, 0.717) is 5.88 Å². The number of halogens is 1. The van der Waals surface area contributed by atoms with Gasteiger partial charge in [-0.1, -0.05) is 20.8 Å². The van der Waals surface area contributed by atoms with Gasteiger partial charge in [0.15, 0.2) is 0 Å². The number of nitrogens with zero attached hydrogens (tertiary/aromatic N) is 2. The van der Waals surface area contributed by atoms with Crippen LogP contribution in [0.1, 0.15) is 20.8 Å². The molecule has 1 rings (SSSR count). The van der Waals surface area contributed by atoms with Crippen molar-refractivity contribution in [2.24, 2.45) is 5.41 Å². The summed E-state index contributed by atoms with van der Waals surface area (Å²) < 4.78 is 0. The van der Waals surface area contributed by atoms with Crippen LogP contribution in [0.2, 0.25) is 0 Å². The summed E-state index contributed by atoms with van der Waals surface area (Å²) in [5.41, 5.74) is 0.110. The van der Waals surface area contributed by atoms with Crippen molar-refractivity contribution in [3.8, 4) is 0 Å². The Morgan fingerprint density at radius 3 is 2.57 bits per heavy atom. The van der Waals surface area contributed by atoms with Crippen LogP contribution in [0.15, 0.2) is 18.6 Å². The Kier molecular flexibility index (Phi) is 3.69. The van der Waals surface area contributed by atoms with E-state index in [-0.39, 0.29) is 11.5 Å². The minimum absolute atomic E-state index is 0.110. The average Bonchev–Trinajstić information content (AvgIpc) is 2.14. The monoisotopic (exact) mass is 213 g/mol. The van der Waals surface area contributed by atoms with Crippen LogP contribution >= 0.6 is 11.6 Å². The summed E-state index contributed by atoms with van der Waals surface area (Å²) in [7, 11) is 0. The van der Waals surface area contributed by atoms with Gasteiger partial charge in [0.2, 0.25) is 0 Å². The van der Waals surface area contributed by atoms with Gasteiger partial charge in [-0.25, -0.2) is 4.98 Å². The molecule has 0 radical (unpaired) electrons. The fourth-order valence-corrected chi connectivity index (χ4v) is 1.58. The molecule has 0 saturated carbocycles. The molecule has 0 fully saturated rings. The molecule has 1 N–H and O–H groups in total. The van der Waals surface area contributed by atoms with Gasteiger partial charge in [0.1, 0.15) is 5.82 Å². The lowest BCUT2D eigenvalue weighted by Gasteiger charge is -2.29. The van der Waals surface area contributed by atoms with Crippen LogP contribution in [0.25, 0.3) is 0 Å².